The molecule has 2 rings (SSSR count). The lowest BCUT2D eigenvalue weighted by atomic mass is 10.1. The average Bonchev–Trinajstić information content (AvgIpc) is 2.46. The molecule has 4 heteroatoms. The Kier molecular flexibility index (Phi) is 4.62. The molecule has 0 heterocycles. The van der Waals surface area contributed by atoms with E-state index < -0.39 is 6.10 Å². The Morgan fingerprint density at radius 1 is 1.25 bits per heavy atom. The summed E-state index contributed by atoms with van der Waals surface area (Å²) in [5.41, 5.74) is 2.23. The van der Waals surface area contributed by atoms with Crippen molar-refractivity contribution < 1.29 is 9.84 Å². The van der Waals surface area contributed by atoms with Gasteiger partial charge in [-0.3, -0.25) is 0 Å². The summed E-state index contributed by atoms with van der Waals surface area (Å²) in [7, 11) is 0. The fourth-order valence-electron chi connectivity index (χ4n) is 1.81. The standard InChI is InChI=1S/C16H14ClNO2/c1-11(19)15-8-14(17)6-7-16(15)20-10-13-4-2-12(9-18)3-5-13/h2-8,11,19H,10H2,1H3/t11-/m1/s1. The lowest BCUT2D eigenvalue weighted by molar-refractivity contribution is 0.190. The number of aliphatic hydroxyl groups is 1. The van der Waals surface area contributed by atoms with Crippen LogP contribution in [0.4, 0.5) is 0 Å². The Bertz CT molecular complexity index is 630. The normalized spacial score (nSPS) is 11.7. The van der Waals surface area contributed by atoms with Crippen LogP contribution in [0.5, 0.6) is 5.75 Å². The van der Waals surface area contributed by atoms with Crippen molar-refractivity contribution in [3.8, 4) is 11.8 Å². The number of ether oxygens (including phenoxy) is 1. The van der Waals surface area contributed by atoms with Crippen LogP contribution in [0.3, 0.4) is 0 Å². The summed E-state index contributed by atoms with van der Waals surface area (Å²) >= 11 is 5.91. The van der Waals surface area contributed by atoms with Crippen LogP contribution in [0.1, 0.15) is 29.7 Å². The second-order valence-electron chi connectivity index (χ2n) is 4.46. The maximum atomic E-state index is 9.72. The van der Waals surface area contributed by atoms with Crippen molar-refractivity contribution in [2.24, 2.45) is 0 Å². The number of benzene rings is 2. The number of hydrogen-bond donors (Lipinski definition) is 1. The van der Waals surface area contributed by atoms with Crippen molar-refractivity contribution in [2.45, 2.75) is 19.6 Å². The molecule has 0 aromatic heterocycles. The minimum atomic E-state index is -0.648. The largest absolute Gasteiger partial charge is 0.489 e. The van der Waals surface area contributed by atoms with Gasteiger partial charge in [0.05, 0.1) is 17.7 Å². The van der Waals surface area contributed by atoms with E-state index in [4.69, 9.17) is 21.6 Å². The molecule has 0 unspecified atom stereocenters. The predicted octanol–water partition coefficient (Wildman–Crippen LogP) is 3.84. The number of nitriles is 1. The molecule has 2 aromatic rings. The Labute approximate surface area is 123 Å². The maximum absolute atomic E-state index is 9.72. The maximum Gasteiger partial charge on any atom is 0.125 e. The highest BCUT2D eigenvalue weighted by Crippen LogP contribution is 2.28. The van der Waals surface area contributed by atoms with E-state index in [1.165, 1.54) is 0 Å². The molecule has 0 saturated carbocycles. The number of rotatable bonds is 4. The SMILES string of the molecule is C[C@@H](O)c1cc(Cl)ccc1OCc1ccc(C#N)cc1. The third-order valence-corrected chi connectivity index (χ3v) is 3.13. The molecule has 0 radical (unpaired) electrons. The Morgan fingerprint density at radius 3 is 2.55 bits per heavy atom. The summed E-state index contributed by atoms with van der Waals surface area (Å²) in [5, 5.41) is 19.0. The van der Waals surface area contributed by atoms with Gasteiger partial charge >= 0.3 is 0 Å². The quantitative estimate of drug-likeness (QED) is 0.929. The molecular weight excluding hydrogens is 274 g/mol. The zero-order valence-corrected chi connectivity index (χ0v) is 11.8. The fourth-order valence-corrected chi connectivity index (χ4v) is 1.99. The molecule has 0 aliphatic rings. The minimum absolute atomic E-state index is 0.368. The van der Waals surface area contributed by atoms with Crippen molar-refractivity contribution in [1.82, 2.24) is 0 Å². The van der Waals surface area contributed by atoms with Gasteiger partial charge in [0.15, 0.2) is 0 Å². The summed E-state index contributed by atoms with van der Waals surface area (Å²) in [6.45, 7) is 2.04. The third-order valence-electron chi connectivity index (χ3n) is 2.90. The van der Waals surface area contributed by atoms with Crippen molar-refractivity contribution in [1.29, 1.82) is 5.26 Å². The van der Waals surface area contributed by atoms with Crippen LogP contribution in [0.25, 0.3) is 0 Å². The van der Waals surface area contributed by atoms with Gasteiger partial charge in [-0.2, -0.15) is 5.26 Å². The van der Waals surface area contributed by atoms with Crippen molar-refractivity contribution >= 4 is 11.6 Å². The highest BCUT2D eigenvalue weighted by Gasteiger charge is 2.10. The first-order chi connectivity index (χ1) is 9.60. The monoisotopic (exact) mass is 287 g/mol. The van der Waals surface area contributed by atoms with E-state index in [9.17, 15) is 5.11 Å². The van der Waals surface area contributed by atoms with Crippen LogP contribution in [-0.2, 0) is 6.61 Å². The van der Waals surface area contributed by atoms with Gasteiger partial charge in [-0.05, 0) is 42.8 Å². The van der Waals surface area contributed by atoms with Gasteiger partial charge < -0.3 is 9.84 Å². The topological polar surface area (TPSA) is 53.2 Å². The molecule has 2 aromatic carbocycles. The first kappa shape index (κ1) is 14.4. The lowest BCUT2D eigenvalue weighted by Crippen LogP contribution is -2.01. The first-order valence-electron chi connectivity index (χ1n) is 6.19. The van der Waals surface area contributed by atoms with Gasteiger partial charge in [0.25, 0.3) is 0 Å². The molecule has 0 spiro atoms. The van der Waals surface area contributed by atoms with Crippen LogP contribution in [-0.4, -0.2) is 5.11 Å². The average molecular weight is 288 g/mol. The van der Waals surface area contributed by atoms with E-state index in [1.807, 2.05) is 12.1 Å². The van der Waals surface area contributed by atoms with Gasteiger partial charge in [-0.15, -0.1) is 0 Å². The molecule has 0 aliphatic carbocycles. The van der Waals surface area contributed by atoms with Gasteiger partial charge in [0.1, 0.15) is 12.4 Å². The third kappa shape index (κ3) is 3.51. The summed E-state index contributed by atoms with van der Waals surface area (Å²) in [6, 6.07) is 14.4. The first-order valence-corrected chi connectivity index (χ1v) is 6.57. The molecule has 0 saturated heterocycles. The highest BCUT2D eigenvalue weighted by molar-refractivity contribution is 6.30. The van der Waals surface area contributed by atoms with Crippen molar-refractivity contribution in [3.63, 3.8) is 0 Å². The molecule has 0 fully saturated rings. The van der Waals surface area contributed by atoms with Crippen LogP contribution in [0.2, 0.25) is 5.02 Å². The molecule has 102 valence electrons. The van der Waals surface area contributed by atoms with Gasteiger partial charge in [-0.1, -0.05) is 23.7 Å². The zero-order chi connectivity index (χ0) is 14.5. The Balaban J connectivity index is 2.12. The van der Waals surface area contributed by atoms with E-state index in [-0.39, 0.29) is 0 Å². The summed E-state index contributed by atoms with van der Waals surface area (Å²) in [4.78, 5) is 0. The second-order valence-corrected chi connectivity index (χ2v) is 4.89. The lowest BCUT2D eigenvalue weighted by Gasteiger charge is -2.14. The van der Waals surface area contributed by atoms with E-state index in [2.05, 4.69) is 6.07 Å². The second kappa shape index (κ2) is 6.42. The van der Waals surface area contributed by atoms with Crippen LogP contribution in [0, 0.1) is 11.3 Å². The molecular formula is C16H14ClNO2. The predicted molar refractivity (Wildman–Crippen MR) is 77.6 cm³/mol. The molecule has 1 N–H and O–H groups in total. The fraction of sp³-hybridized carbons (Fsp3) is 0.188. The van der Waals surface area contributed by atoms with Gasteiger partial charge in [0, 0.05) is 10.6 Å². The van der Waals surface area contributed by atoms with Crippen LogP contribution < -0.4 is 4.74 Å². The van der Waals surface area contributed by atoms with Crippen molar-refractivity contribution in [2.75, 3.05) is 0 Å². The molecule has 0 bridgehead atoms. The minimum Gasteiger partial charge on any atom is -0.489 e. The van der Waals surface area contributed by atoms with Crippen LogP contribution in [0.15, 0.2) is 42.5 Å². The van der Waals surface area contributed by atoms with Crippen LogP contribution >= 0.6 is 11.6 Å². The summed E-state index contributed by atoms with van der Waals surface area (Å²) in [6.07, 6.45) is -0.648. The molecule has 20 heavy (non-hydrogen) atoms. The number of nitrogens with zero attached hydrogens (tertiary/aromatic N) is 1. The van der Waals surface area contributed by atoms with E-state index in [0.29, 0.717) is 28.5 Å². The molecule has 0 aliphatic heterocycles. The number of halogens is 1. The molecule has 3 nitrogen and oxygen atoms in total. The number of hydrogen-bond acceptors (Lipinski definition) is 3. The zero-order valence-electron chi connectivity index (χ0n) is 11.0. The Morgan fingerprint density at radius 2 is 1.95 bits per heavy atom. The molecule has 0 amide bonds. The van der Waals surface area contributed by atoms with E-state index >= 15 is 0 Å². The van der Waals surface area contributed by atoms with E-state index in [0.717, 1.165) is 5.56 Å². The summed E-state index contributed by atoms with van der Waals surface area (Å²) < 4.78 is 5.71. The van der Waals surface area contributed by atoms with Crippen molar-refractivity contribution in [3.05, 3.63) is 64.2 Å². The van der Waals surface area contributed by atoms with Gasteiger partial charge in [-0.25, -0.2) is 0 Å². The Hall–Kier alpha value is -2.02. The van der Waals surface area contributed by atoms with Gasteiger partial charge in [0.2, 0.25) is 0 Å². The van der Waals surface area contributed by atoms with E-state index in [1.54, 1.807) is 37.3 Å². The smallest absolute Gasteiger partial charge is 0.125 e. The highest BCUT2D eigenvalue weighted by atomic mass is 35.5. The molecule has 1 atom stereocenters. The summed E-state index contributed by atoms with van der Waals surface area (Å²) in [5.74, 6) is 0.605. The number of aliphatic hydroxyl groups excluding tert-OH is 1.